The van der Waals surface area contributed by atoms with E-state index in [1.165, 1.54) is 16.2 Å². The second kappa shape index (κ2) is 11.7. The molecule has 0 spiro atoms. The van der Waals surface area contributed by atoms with E-state index >= 15 is 0 Å². The van der Waals surface area contributed by atoms with E-state index in [4.69, 9.17) is 21.4 Å². The molecule has 4 heterocycles. The molecule has 2 amide bonds. The highest BCUT2D eigenvalue weighted by atomic mass is 32.2. The minimum Gasteiger partial charge on any atom is -0.497 e. The highest BCUT2D eigenvalue weighted by Crippen LogP contribution is 2.33. The standard InChI is InChI=1S/C27H31N3O6S3/c1-35-21-7-5-19(6-8-21)15-23-26(32)30(27(37)38-23)17-24(31)29(20-11-14-39(33,34)18-20)16-22-9-10-25(36-22)28-12-3-2-4-13-28/h5-10,15,20H,2-4,11-14,16-18H2,1H3/b23-15-. The summed E-state index contributed by atoms with van der Waals surface area (Å²) in [6.07, 6.45) is 5.50. The summed E-state index contributed by atoms with van der Waals surface area (Å²) < 4.78 is 36.1. The van der Waals surface area contributed by atoms with Gasteiger partial charge >= 0.3 is 0 Å². The number of ether oxygens (including phenoxy) is 1. The number of sulfone groups is 1. The maximum atomic E-state index is 13.6. The molecule has 3 fully saturated rings. The molecule has 9 nitrogen and oxygen atoms in total. The average molecular weight is 590 g/mol. The molecular formula is C27H31N3O6S3. The van der Waals surface area contributed by atoms with Gasteiger partial charge in [-0.05, 0) is 55.5 Å². The van der Waals surface area contributed by atoms with Gasteiger partial charge in [0.05, 0.1) is 30.1 Å². The third-order valence-corrected chi connectivity index (χ3v) is 10.3. The molecule has 0 saturated carbocycles. The zero-order chi connectivity index (χ0) is 27.6. The van der Waals surface area contributed by atoms with Crippen molar-refractivity contribution in [3.63, 3.8) is 0 Å². The first-order valence-corrected chi connectivity index (χ1v) is 16.0. The number of thioether (sulfide) groups is 1. The molecule has 1 aromatic heterocycles. The van der Waals surface area contributed by atoms with Gasteiger partial charge in [0.2, 0.25) is 5.91 Å². The van der Waals surface area contributed by atoms with Crippen LogP contribution in [0.1, 0.15) is 37.0 Å². The molecule has 208 valence electrons. The first-order valence-electron chi connectivity index (χ1n) is 13.0. The van der Waals surface area contributed by atoms with Crippen LogP contribution < -0.4 is 9.64 Å². The van der Waals surface area contributed by atoms with Gasteiger partial charge in [-0.1, -0.05) is 36.1 Å². The maximum Gasteiger partial charge on any atom is 0.266 e. The predicted octanol–water partition coefficient (Wildman–Crippen LogP) is 3.70. The lowest BCUT2D eigenvalue weighted by molar-refractivity contribution is -0.137. The van der Waals surface area contributed by atoms with Gasteiger partial charge in [0.15, 0.2) is 15.7 Å². The Bertz CT molecular complexity index is 1380. The normalized spacial score (nSPS) is 22.1. The topological polar surface area (TPSA) is 100 Å². The molecule has 1 unspecified atom stereocenters. The van der Waals surface area contributed by atoms with Crippen LogP contribution in [0, 0.1) is 0 Å². The third-order valence-electron chi connectivity index (χ3n) is 7.19. The van der Waals surface area contributed by atoms with Crippen LogP contribution >= 0.6 is 24.0 Å². The van der Waals surface area contributed by atoms with Crippen LogP contribution in [0.15, 0.2) is 45.7 Å². The number of methoxy groups -OCH3 is 1. The molecule has 2 aromatic rings. The smallest absolute Gasteiger partial charge is 0.266 e. The summed E-state index contributed by atoms with van der Waals surface area (Å²) in [5.74, 6) is 1.26. The van der Waals surface area contributed by atoms with Gasteiger partial charge in [-0.3, -0.25) is 14.5 Å². The van der Waals surface area contributed by atoms with E-state index in [-0.39, 0.29) is 40.7 Å². The molecule has 0 radical (unpaired) electrons. The van der Waals surface area contributed by atoms with Crippen LogP contribution in [0.3, 0.4) is 0 Å². The Morgan fingerprint density at radius 1 is 1.18 bits per heavy atom. The molecule has 39 heavy (non-hydrogen) atoms. The summed E-state index contributed by atoms with van der Waals surface area (Å²) in [6.45, 7) is 1.72. The van der Waals surface area contributed by atoms with Crippen molar-refractivity contribution in [1.82, 2.24) is 9.80 Å². The van der Waals surface area contributed by atoms with E-state index in [2.05, 4.69) is 4.90 Å². The number of benzene rings is 1. The SMILES string of the molecule is COc1ccc(/C=C2\SC(=S)N(CC(=O)N(Cc3ccc(N4CCCCC4)o3)C3CCS(=O)(=O)C3)C2=O)cc1. The van der Waals surface area contributed by atoms with Gasteiger partial charge in [-0.25, -0.2) is 8.42 Å². The van der Waals surface area contributed by atoms with Crippen LogP contribution in [-0.2, 0) is 26.0 Å². The van der Waals surface area contributed by atoms with Crippen LogP contribution in [0.2, 0.25) is 0 Å². The number of carbonyl (C=O) groups excluding carboxylic acids is 2. The predicted molar refractivity (Wildman–Crippen MR) is 155 cm³/mol. The monoisotopic (exact) mass is 589 g/mol. The van der Waals surface area contributed by atoms with Crippen LogP contribution in [-0.4, -0.2) is 78.6 Å². The highest BCUT2D eigenvalue weighted by Gasteiger charge is 2.39. The van der Waals surface area contributed by atoms with Crippen molar-refractivity contribution < 1.29 is 27.2 Å². The van der Waals surface area contributed by atoms with E-state index < -0.39 is 15.9 Å². The first-order chi connectivity index (χ1) is 18.7. The summed E-state index contributed by atoms with van der Waals surface area (Å²) in [4.78, 5) is 32.3. The van der Waals surface area contributed by atoms with Gasteiger partial charge in [0.25, 0.3) is 5.91 Å². The summed E-state index contributed by atoms with van der Waals surface area (Å²) in [6, 6.07) is 10.5. The van der Waals surface area contributed by atoms with E-state index in [0.29, 0.717) is 22.8 Å². The fourth-order valence-corrected chi connectivity index (χ4v) is 8.05. The van der Waals surface area contributed by atoms with Gasteiger partial charge in [-0.2, -0.15) is 0 Å². The van der Waals surface area contributed by atoms with Crippen molar-refractivity contribution in [2.75, 3.05) is 43.1 Å². The van der Waals surface area contributed by atoms with Crippen molar-refractivity contribution in [3.8, 4) is 5.75 Å². The minimum absolute atomic E-state index is 0.0320. The number of piperidine rings is 1. The molecule has 0 bridgehead atoms. The molecule has 5 rings (SSSR count). The Kier molecular flexibility index (Phi) is 8.34. The number of nitrogens with zero attached hydrogens (tertiary/aromatic N) is 3. The molecule has 3 saturated heterocycles. The van der Waals surface area contributed by atoms with Gasteiger partial charge < -0.3 is 19.0 Å². The van der Waals surface area contributed by atoms with E-state index in [1.807, 2.05) is 24.3 Å². The zero-order valence-electron chi connectivity index (χ0n) is 21.7. The summed E-state index contributed by atoms with van der Waals surface area (Å²) in [5.41, 5.74) is 0.808. The largest absolute Gasteiger partial charge is 0.497 e. The molecule has 0 N–H and O–H groups in total. The third kappa shape index (κ3) is 6.50. The number of anilines is 1. The Hall–Kier alpha value is -2.83. The van der Waals surface area contributed by atoms with Gasteiger partial charge in [0, 0.05) is 25.2 Å². The Morgan fingerprint density at radius 2 is 1.92 bits per heavy atom. The summed E-state index contributed by atoms with van der Waals surface area (Å²) >= 11 is 6.59. The molecule has 1 atom stereocenters. The highest BCUT2D eigenvalue weighted by molar-refractivity contribution is 8.26. The van der Waals surface area contributed by atoms with Gasteiger partial charge in [0.1, 0.15) is 22.4 Å². The van der Waals surface area contributed by atoms with Crippen LogP contribution in [0.5, 0.6) is 5.75 Å². The van der Waals surface area contributed by atoms with Crippen LogP contribution in [0.4, 0.5) is 5.88 Å². The molecule has 12 heteroatoms. The average Bonchev–Trinajstić information content (AvgIpc) is 3.62. The second-order valence-electron chi connectivity index (χ2n) is 9.91. The van der Waals surface area contributed by atoms with Gasteiger partial charge in [-0.15, -0.1) is 0 Å². The molecule has 0 aliphatic carbocycles. The number of hydrogen-bond acceptors (Lipinski definition) is 9. The maximum absolute atomic E-state index is 13.6. The van der Waals surface area contributed by atoms with Crippen LogP contribution in [0.25, 0.3) is 6.08 Å². The number of amides is 2. The summed E-state index contributed by atoms with van der Waals surface area (Å²) in [7, 11) is -1.65. The fourth-order valence-electron chi connectivity index (χ4n) is 5.06. The molecule has 3 aliphatic rings. The Balaban J connectivity index is 1.31. The lowest BCUT2D eigenvalue weighted by atomic mass is 10.1. The van der Waals surface area contributed by atoms with Crippen molar-refractivity contribution in [2.45, 2.75) is 38.3 Å². The lowest BCUT2D eigenvalue weighted by Gasteiger charge is -2.29. The van der Waals surface area contributed by atoms with E-state index in [9.17, 15) is 18.0 Å². The van der Waals surface area contributed by atoms with Crippen molar-refractivity contribution in [3.05, 3.63) is 52.6 Å². The van der Waals surface area contributed by atoms with Crippen molar-refractivity contribution in [1.29, 1.82) is 0 Å². The molecule has 1 aromatic carbocycles. The first kappa shape index (κ1) is 27.7. The molecule has 3 aliphatic heterocycles. The number of furan rings is 1. The number of rotatable bonds is 8. The summed E-state index contributed by atoms with van der Waals surface area (Å²) in [5, 5.41) is 0. The number of hydrogen-bond donors (Lipinski definition) is 0. The minimum atomic E-state index is -3.24. The lowest BCUT2D eigenvalue weighted by Crippen LogP contribution is -2.46. The number of carbonyl (C=O) groups is 2. The van der Waals surface area contributed by atoms with Crippen molar-refractivity contribution in [2.24, 2.45) is 0 Å². The quantitative estimate of drug-likeness (QED) is 0.337. The van der Waals surface area contributed by atoms with E-state index in [1.54, 1.807) is 25.3 Å². The fraction of sp³-hybridized carbons (Fsp3) is 0.444. The second-order valence-corrected chi connectivity index (χ2v) is 13.8. The number of thiocarbonyl (C=S) groups is 1. The van der Waals surface area contributed by atoms with Crippen molar-refractivity contribution >= 4 is 61.9 Å². The Morgan fingerprint density at radius 3 is 2.59 bits per heavy atom. The van der Waals surface area contributed by atoms with E-state index in [0.717, 1.165) is 49.1 Å². The molecular weight excluding hydrogens is 559 g/mol. The zero-order valence-corrected chi connectivity index (χ0v) is 24.2. The Labute approximate surface area is 238 Å².